The standard InChI is InChI=1S/C20H19BrN6/c1-14-12-18(26(2)15-8-4-3-5-9-15)25-20(23-14)22-13-16-19(21)27-11-7-6-10-17(27)24-16/h3-12H,13H2,1-2H3,(H,22,23,25). The van der Waals surface area contributed by atoms with Crippen molar-refractivity contribution in [1.82, 2.24) is 19.4 Å². The third-order valence-corrected chi connectivity index (χ3v) is 5.12. The molecule has 0 radical (unpaired) electrons. The number of fused-ring (bicyclic) bond motifs is 1. The Balaban J connectivity index is 1.57. The number of hydrogen-bond acceptors (Lipinski definition) is 5. The number of benzene rings is 1. The van der Waals surface area contributed by atoms with Crippen LogP contribution < -0.4 is 10.2 Å². The summed E-state index contributed by atoms with van der Waals surface area (Å²) in [4.78, 5) is 15.9. The molecule has 0 saturated carbocycles. The van der Waals surface area contributed by atoms with Crippen LogP contribution in [0, 0.1) is 6.92 Å². The molecular formula is C20H19BrN6. The first-order chi connectivity index (χ1) is 13.1. The van der Waals surface area contributed by atoms with Crippen LogP contribution in [0.4, 0.5) is 17.5 Å². The normalized spacial score (nSPS) is 10.9. The Morgan fingerprint density at radius 1 is 1.04 bits per heavy atom. The molecule has 6 nitrogen and oxygen atoms in total. The summed E-state index contributed by atoms with van der Waals surface area (Å²) in [6, 6.07) is 18.0. The highest BCUT2D eigenvalue weighted by molar-refractivity contribution is 9.10. The van der Waals surface area contributed by atoms with Crippen LogP contribution in [0.1, 0.15) is 11.4 Å². The molecule has 7 heteroatoms. The Morgan fingerprint density at radius 3 is 2.59 bits per heavy atom. The second-order valence-electron chi connectivity index (χ2n) is 6.22. The number of nitrogens with zero attached hydrogens (tertiary/aromatic N) is 5. The van der Waals surface area contributed by atoms with Gasteiger partial charge in [0, 0.05) is 30.7 Å². The lowest BCUT2D eigenvalue weighted by atomic mass is 10.3. The highest BCUT2D eigenvalue weighted by Gasteiger charge is 2.12. The molecule has 0 aliphatic carbocycles. The number of halogens is 1. The fourth-order valence-electron chi connectivity index (χ4n) is 2.88. The fraction of sp³-hybridized carbons (Fsp3) is 0.150. The van der Waals surface area contributed by atoms with Crippen LogP contribution in [0.5, 0.6) is 0 Å². The fourth-order valence-corrected chi connectivity index (χ4v) is 3.41. The van der Waals surface area contributed by atoms with Crippen LogP contribution in [-0.2, 0) is 6.54 Å². The molecule has 0 saturated heterocycles. The van der Waals surface area contributed by atoms with E-state index in [0.717, 1.165) is 33.1 Å². The van der Waals surface area contributed by atoms with E-state index in [1.807, 2.05) is 71.9 Å². The van der Waals surface area contributed by atoms with Gasteiger partial charge in [-0.2, -0.15) is 4.98 Å². The van der Waals surface area contributed by atoms with Gasteiger partial charge < -0.3 is 10.2 Å². The second kappa shape index (κ2) is 7.36. The minimum Gasteiger partial charge on any atom is -0.348 e. The van der Waals surface area contributed by atoms with Crippen molar-refractivity contribution in [3.05, 3.63) is 76.8 Å². The number of anilines is 3. The average molecular weight is 423 g/mol. The van der Waals surface area contributed by atoms with Gasteiger partial charge in [-0.05, 0) is 47.1 Å². The molecule has 0 atom stereocenters. The molecule has 4 aromatic rings. The lowest BCUT2D eigenvalue weighted by Crippen LogP contribution is -2.14. The van der Waals surface area contributed by atoms with E-state index >= 15 is 0 Å². The Labute approximate surface area is 166 Å². The number of nitrogens with one attached hydrogen (secondary N) is 1. The molecule has 1 N–H and O–H groups in total. The van der Waals surface area contributed by atoms with Gasteiger partial charge in [0.1, 0.15) is 16.1 Å². The van der Waals surface area contributed by atoms with Crippen LogP contribution >= 0.6 is 15.9 Å². The van der Waals surface area contributed by atoms with Crippen molar-refractivity contribution >= 4 is 39.0 Å². The Bertz CT molecular complexity index is 1080. The molecule has 1 aromatic carbocycles. The number of rotatable bonds is 5. The van der Waals surface area contributed by atoms with E-state index in [2.05, 4.69) is 48.3 Å². The first-order valence-corrected chi connectivity index (χ1v) is 9.41. The van der Waals surface area contributed by atoms with Gasteiger partial charge in [-0.25, -0.2) is 9.97 Å². The monoisotopic (exact) mass is 422 g/mol. The van der Waals surface area contributed by atoms with Gasteiger partial charge in [-0.3, -0.25) is 4.40 Å². The van der Waals surface area contributed by atoms with Crippen molar-refractivity contribution in [3.8, 4) is 0 Å². The quantitative estimate of drug-likeness (QED) is 0.510. The molecule has 0 amide bonds. The number of imidazole rings is 1. The van der Waals surface area contributed by atoms with Gasteiger partial charge in [0.2, 0.25) is 5.95 Å². The minimum absolute atomic E-state index is 0.528. The van der Waals surface area contributed by atoms with E-state index in [4.69, 9.17) is 0 Å². The van der Waals surface area contributed by atoms with Crippen LogP contribution in [0.25, 0.3) is 5.65 Å². The molecular weight excluding hydrogens is 404 g/mol. The van der Waals surface area contributed by atoms with Crippen molar-refractivity contribution in [2.45, 2.75) is 13.5 Å². The molecule has 0 aliphatic heterocycles. The predicted octanol–water partition coefficient (Wildman–Crippen LogP) is 4.58. The van der Waals surface area contributed by atoms with Gasteiger partial charge in [0.05, 0.1) is 12.2 Å². The van der Waals surface area contributed by atoms with Crippen LogP contribution in [0.15, 0.2) is 65.4 Å². The van der Waals surface area contributed by atoms with Crippen LogP contribution in [-0.4, -0.2) is 26.4 Å². The molecule has 0 aliphatic rings. The third-order valence-electron chi connectivity index (χ3n) is 4.28. The number of aryl methyl sites for hydroxylation is 1. The molecule has 0 spiro atoms. The lowest BCUT2D eigenvalue weighted by Gasteiger charge is -2.19. The SMILES string of the molecule is Cc1cc(N(C)c2ccccc2)nc(NCc2nc3ccccn3c2Br)n1. The Hall–Kier alpha value is -2.93. The van der Waals surface area contributed by atoms with Gasteiger partial charge >= 0.3 is 0 Å². The molecule has 0 unspecified atom stereocenters. The zero-order chi connectivity index (χ0) is 18.8. The number of aromatic nitrogens is 4. The summed E-state index contributed by atoms with van der Waals surface area (Å²) >= 11 is 3.62. The first-order valence-electron chi connectivity index (χ1n) is 8.61. The molecule has 0 fully saturated rings. The molecule has 27 heavy (non-hydrogen) atoms. The summed E-state index contributed by atoms with van der Waals surface area (Å²) in [6.07, 6.45) is 1.98. The zero-order valence-corrected chi connectivity index (χ0v) is 16.7. The van der Waals surface area contributed by atoms with Gasteiger partial charge in [0.15, 0.2) is 0 Å². The minimum atomic E-state index is 0.528. The maximum absolute atomic E-state index is 4.66. The van der Waals surface area contributed by atoms with Gasteiger partial charge in [0.25, 0.3) is 0 Å². The number of para-hydroxylation sites is 1. The topological polar surface area (TPSA) is 58.4 Å². The third kappa shape index (κ3) is 3.64. The summed E-state index contributed by atoms with van der Waals surface area (Å²) in [5.41, 5.74) is 3.78. The molecule has 0 bridgehead atoms. The maximum atomic E-state index is 4.66. The van der Waals surface area contributed by atoms with Crippen molar-refractivity contribution in [3.63, 3.8) is 0 Å². The average Bonchev–Trinajstić information content (AvgIpc) is 3.02. The summed E-state index contributed by atoms with van der Waals surface area (Å²) in [6.45, 7) is 2.50. The Morgan fingerprint density at radius 2 is 1.81 bits per heavy atom. The summed E-state index contributed by atoms with van der Waals surface area (Å²) in [5.74, 6) is 1.42. The Kier molecular flexibility index (Phi) is 4.77. The molecule has 4 rings (SSSR count). The van der Waals surface area contributed by atoms with Crippen molar-refractivity contribution in [1.29, 1.82) is 0 Å². The van der Waals surface area contributed by atoms with E-state index in [1.165, 1.54) is 0 Å². The van der Waals surface area contributed by atoms with Crippen LogP contribution in [0.2, 0.25) is 0 Å². The molecule has 136 valence electrons. The summed E-state index contributed by atoms with van der Waals surface area (Å²) in [5, 5.41) is 3.30. The van der Waals surface area contributed by atoms with Gasteiger partial charge in [-0.1, -0.05) is 24.3 Å². The van der Waals surface area contributed by atoms with E-state index in [9.17, 15) is 0 Å². The zero-order valence-electron chi connectivity index (χ0n) is 15.1. The van der Waals surface area contributed by atoms with E-state index in [1.54, 1.807) is 0 Å². The lowest BCUT2D eigenvalue weighted by molar-refractivity contribution is 0.982. The van der Waals surface area contributed by atoms with Crippen molar-refractivity contribution in [2.24, 2.45) is 0 Å². The number of pyridine rings is 1. The largest absolute Gasteiger partial charge is 0.348 e. The molecule has 3 aromatic heterocycles. The highest BCUT2D eigenvalue weighted by Crippen LogP contribution is 2.24. The van der Waals surface area contributed by atoms with Gasteiger partial charge in [-0.15, -0.1) is 0 Å². The summed E-state index contributed by atoms with van der Waals surface area (Å²) in [7, 11) is 2.00. The van der Waals surface area contributed by atoms with E-state index in [-0.39, 0.29) is 0 Å². The van der Waals surface area contributed by atoms with Crippen molar-refractivity contribution in [2.75, 3.05) is 17.3 Å². The first kappa shape index (κ1) is 17.5. The highest BCUT2D eigenvalue weighted by atomic mass is 79.9. The predicted molar refractivity (Wildman–Crippen MR) is 111 cm³/mol. The maximum Gasteiger partial charge on any atom is 0.225 e. The van der Waals surface area contributed by atoms with Crippen LogP contribution in [0.3, 0.4) is 0 Å². The van der Waals surface area contributed by atoms with E-state index in [0.29, 0.717) is 12.5 Å². The summed E-state index contributed by atoms with van der Waals surface area (Å²) < 4.78 is 2.93. The van der Waals surface area contributed by atoms with Crippen molar-refractivity contribution < 1.29 is 0 Å². The number of hydrogen-bond donors (Lipinski definition) is 1. The second-order valence-corrected chi connectivity index (χ2v) is 6.97. The molecule has 3 heterocycles. The smallest absolute Gasteiger partial charge is 0.225 e. The van der Waals surface area contributed by atoms with E-state index < -0.39 is 0 Å².